The van der Waals surface area contributed by atoms with Gasteiger partial charge in [-0.25, -0.2) is 9.59 Å². The summed E-state index contributed by atoms with van der Waals surface area (Å²) in [6, 6.07) is 5.30. The summed E-state index contributed by atoms with van der Waals surface area (Å²) in [4.78, 5) is 25.9. The number of anilines is 1. The molecule has 0 saturated carbocycles. The minimum Gasteiger partial charge on any atom is -0.473 e. The van der Waals surface area contributed by atoms with E-state index in [1.807, 2.05) is 0 Å². The van der Waals surface area contributed by atoms with Gasteiger partial charge in [0.2, 0.25) is 6.10 Å². The highest BCUT2D eigenvalue weighted by molar-refractivity contribution is 9.10. The Kier molecular flexibility index (Phi) is 5.19. The predicted molar refractivity (Wildman–Crippen MR) is 88.8 cm³/mol. The molecule has 0 radical (unpaired) electrons. The smallest absolute Gasteiger partial charge is 0.415 e. The molecule has 1 unspecified atom stereocenters. The van der Waals surface area contributed by atoms with Gasteiger partial charge in [0.05, 0.1) is 23.3 Å². The fourth-order valence-electron chi connectivity index (χ4n) is 2.12. The second-order valence-corrected chi connectivity index (χ2v) is 6.89. The summed E-state index contributed by atoms with van der Waals surface area (Å²) in [5.41, 5.74) is -0.0877. The van der Waals surface area contributed by atoms with E-state index >= 15 is 0 Å². The first-order valence-electron chi connectivity index (χ1n) is 7.35. The van der Waals surface area contributed by atoms with Crippen LogP contribution in [0.15, 0.2) is 22.7 Å². The standard InChI is InChI=1S/C16H20BrNO5/c1-5-21-14(19)12-9-18(15(20)23-16(2,3)4)11-8-6-7-10(17)13(11)22-12/h6-8,12H,5,9H2,1-4H3. The molecule has 1 aliphatic heterocycles. The third-order valence-corrected chi connectivity index (χ3v) is 3.63. The number of fused-ring (bicyclic) bond motifs is 1. The minimum absolute atomic E-state index is 0.0389. The van der Waals surface area contributed by atoms with Gasteiger partial charge in [-0.1, -0.05) is 6.07 Å². The number of esters is 1. The molecule has 1 aliphatic rings. The zero-order valence-corrected chi connectivity index (χ0v) is 15.2. The number of para-hydroxylation sites is 1. The third kappa shape index (κ3) is 4.16. The van der Waals surface area contributed by atoms with Gasteiger partial charge in [0.1, 0.15) is 5.60 Å². The van der Waals surface area contributed by atoms with Crippen molar-refractivity contribution in [2.24, 2.45) is 0 Å². The molecule has 1 aromatic carbocycles. The van der Waals surface area contributed by atoms with Crippen LogP contribution in [0.2, 0.25) is 0 Å². The molecule has 0 aliphatic carbocycles. The maximum Gasteiger partial charge on any atom is 0.415 e. The monoisotopic (exact) mass is 385 g/mol. The van der Waals surface area contributed by atoms with Gasteiger partial charge in [0.15, 0.2) is 5.75 Å². The Balaban J connectivity index is 2.35. The number of hydrogen-bond acceptors (Lipinski definition) is 5. The van der Waals surface area contributed by atoms with Crippen LogP contribution in [-0.2, 0) is 14.3 Å². The first kappa shape index (κ1) is 17.6. The van der Waals surface area contributed by atoms with Crippen LogP contribution < -0.4 is 9.64 Å². The van der Waals surface area contributed by atoms with Gasteiger partial charge in [-0.15, -0.1) is 0 Å². The maximum atomic E-state index is 12.5. The topological polar surface area (TPSA) is 65.1 Å². The van der Waals surface area contributed by atoms with Crippen LogP contribution in [0.25, 0.3) is 0 Å². The Morgan fingerprint density at radius 3 is 2.70 bits per heavy atom. The molecular weight excluding hydrogens is 366 g/mol. The highest BCUT2D eigenvalue weighted by atomic mass is 79.9. The number of rotatable bonds is 2. The molecule has 0 fully saturated rings. The fourth-order valence-corrected chi connectivity index (χ4v) is 2.57. The molecule has 126 valence electrons. The number of hydrogen-bond donors (Lipinski definition) is 0. The zero-order valence-electron chi connectivity index (χ0n) is 13.6. The van der Waals surface area contributed by atoms with E-state index < -0.39 is 23.8 Å². The van der Waals surface area contributed by atoms with Gasteiger partial charge >= 0.3 is 12.1 Å². The second-order valence-electron chi connectivity index (χ2n) is 6.04. The lowest BCUT2D eigenvalue weighted by atomic mass is 10.2. The van der Waals surface area contributed by atoms with E-state index in [4.69, 9.17) is 14.2 Å². The zero-order chi connectivity index (χ0) is 17.2. The molecule has 6 nitrogen and oxygen atoms in total. The van der Waals surface area contributed by atoms with Crippen molar-refractivity contribution in [3.63, 3.8) is 0 Å². The van der Waals surface area contributed by atoms with Crippen LogP contribution in [0.3, 0.4) is 0 Å². The van der Waals surface area contributed by atoms with Gasteiger partial charge in [0.25, 0.3) is 0 Å². The Labute approximate surface area is 143 Å². The van der Waals surface area contributed by atoms with E-state index in [0.29, 0.717) is 15.9 Å². The molecule has 0 spiro atoms. The first-order chi connectivity index (χ1) is 10.7. The summed E-state index contributed by atoms with van der Waals surface area (Å²) >= 11 is 3.38. The van der Waals surface area contributed by atoms with Crippen molar-refractivity contribution in [3.8, 4) is 5.75 Å². The number of benzene rings is 1. The van der Waals surface area contributed by atoms with E-state index in [-0.39, 0.29) is 13.2 Å². The summed E-state index contributed by atoms with van der Waals surface area (Å²) in [5, 5.41) is 0. The third-order valence-electron chi connectivity index (χ3n) is 3.01. The molecule has 23 heavy (non-hydrogen) atoms. The lowest BCUT2D eigenvalue weighted by Crippen LogP contribution is -2.49. The van der Waals surface area contributed by atoms with Crippen molar-refractivity contribution in [2.45, 2.75) is 39.4 Å². The summed E-state index contributed by atoms with van der Waals surface area (Å²) in [6.45, 7) is 7.36. The van der Waals surface area contributed by atoms with E-state index in [0.717, 1.165) is 0 Å². The van der Waals surface area contributed by atoms with E-state index in [2.05, 4.69) is 15.9 Å². The van der Waals surface area contributed by atoms with Crippen LogP contribution >= 0.6 is 15.9 Å². The van der Waals surface area contributed by atoms with E-state index in [9.17, 15) is 9.59 Å². The number of ether oxygens (including phenoxy) is 3. The van der Waals surface area contributed by atoms with Gasteiger partial charge in [0, 0.05) is 0 Å². The maximum absolute atomic E-state index is 12.5. The minimum atomic E-state index is -0.895. The number of carbonyl (C=O) groups is 2. The first-order valence-corrected chi connectivity index (χ1v) is 8.14. The van der Waals surface area contributed by atoms with Gasteiger partial charge < -0.3 is 14.2 Å². The number of carbonyl (C=O) groups excluding carboxylic acids is 2. The highest BCUT2D eigenvalue weighted by Gasteiger charge is 2.37. The van der Waals surface area contributed by atoms with Crippen LogP contribution in [0.1, 0.15) is 27.7 Å². The quantitative estimate of drug-likeness (QED) is 0.728. The van der Waals surface area contributed by atoms with Crippen LogP contribution in [0.5, 0.6) is 5.75 Å². The molecule has 0 aromatic heterocycles. The van der Waals surface area contributed by atoms with Gasteiger partial charge in [-0.2, -0.15) is 0 Å². The largest absolute Gasteiger partial charge is 0.473 e. The normalized spacial score (nSPS) is 17.1. The average Bonchev–Trinajstić information content (AvgIpc) is 2.45. The molecule has 0 saturated heterocycles. The van der Waals surface area contributed by atoms with Crippen molar-refractivity contribution < 1.29 is 23.8 Å². The van der Waals surface area contributed by atoms with Gasteiger partial charge in [-0.05, 0) is 55.8 Å². The van der Waals surface area contributed by atoms with Crippen molar-refractivity contribution >= 4 is 33.7 Å². The number of nitrogens with zero attached hydrogens (tertiary/aromatic N) is 1. The Morgan fingerprint density at radius 1 is 1.39 bits per heavy atom. The Bertz CT molecular complexity index is 611. The number of halogens is 1. The summed E-state index contributed by atoms with van der Waals surface area (Å²) in [7, 11) is 0. The molecule has 0 bridgehead atoms. The van der Waals surface area contributed by atoms with Crippen LogP contribution in [-0.4, -0.2) is 36.9 Å². The summed E-state index contributed by atoms with van der Waals surface area (Å²) < 4.78 is 16.8. The van der Waals surface area contributed by atoms with Crippen molar-refractivity contribution in [2.75, 3.05) is 18.1 Å². The van der Waals surface area contributed by atoms with Crippen LogP contribution in [0, 0.1) is 0 Å². The molecule has 0 N–H and O–H groups in total. The summed E-state index contributed by atoms with van der Waals surface area (Å²) in [6.07, 6.45) is -1.43. The molecule has 1 heterocycles. The Morgan fingerprint density at radius 2 is 2.09 bits per heavy atom. The molecule has 2 rings (SSSR count). The Hall–Kier alpha value is -1.76. The van der Waals surface area contributed by atoms with Gasteiger partial charge in [-0.3, -0.25) is 4.90 Å². The van der Waals surface area contributed by atoms with Crippen molar-refractivity contribution in [1.82, 2.24) is 0 Å². The SMILES string of the molecule is CCOC(=O)C1CN(C(=O)OC(C)(C)C)c2cccc(Br)c2O1. The average molecular weight is 386 g/mol. The van der Waals surface area contributed by atoms with Crippen LogP contribution in [0.4, 0.5) is 10.5 Å². The highest BCUT2D eigenvalue weighted by Crippen LogP contribution is 2.40. The molecule has 1 aromatic rings. The van der Waals surface area contributed by atoms with Crippen molar-refractivity contribution in [3.05, 3.63) is 22.7 Å². The van der Waals surface area contributed by atoms with E-state index in [1.54, 1.807) is 45.9 Å². The lowest BCUT2D eigenvalue weighted by molar-refractivity contribution is -0.151. The molecule has 1 amide bonds. The lowest BCUT2D eigenvalue weighted by Gasteiger charge is -2.35. The fraction of sp³-hybridized carbons (Fsp3) is 0.500. The van der Waals surface area contributed by atoms with Crippen molar-refractivity contribution in [1.29, 1.82) is 0 Å². The molecular formula is C16H20BrNO5. The predicted octanol–water partition coefficient (Wildman–Crippen LogP) is 3.51. The molecule has 7 heteroatoms. The van der Waals surface area contributed by atoms with E-state index in [1.165, 1.54) is 4.90 Å². The number of amides is 1. The molecule has 1 atom stereocenters. The second kappa shape index (κ2) is 6.78. The summed E-state index contributed by atoms with van der Waals surface area (Å²) in [5.74, 6) is -0.0925.